The number of rotatable bonds is 2. The Morgan fingerprint density at radius 3 is 2.34 bits per heavy atom. The van der Waals surface area contributed by atoms with Crippen molar-refractivity contribution in [2.75, 3.05) is 33.2 Å². The van der Waals surface area contributed by atoms with Gasteiger partial charge in [-0.1, -0.05) is 6.07 Å². The zero-order valence-electron chi connectivity index (χ0n) is 17.1. The van der Waals surface area contributed by atoms with E-state index in [0.717, 1.165) is 9.18 Å². The average Bonchev–Trinajstić information content (AvgIpc) is 3.16. The van der Waals surface area contributed by atoms with Gasteiger partial charge >= 0.3 is 6.09 Å². The van der Waals surface area contributed by atoms with E-state index in [1.807, 2.05) is 38.3 Å². The molecule has 1 aromatic rings. The number of likely N-dealkylation sites (N-methyl/N-ethyl adjacent to an activating group) is 1. The number of amides is 2. The lowest BCUT2D eigenvalue weighted by Gasteiger charge is -2.41. The summed E-state index contributed by atoms with van der Waals surface area (Å²) in [4.78, 5) is 29.4. The van der Waals surface area contributed by atoms with Crippen molar-refractivity contribution in [3.05, 3.63) is 22.4 Å². The molecule has 9 nitrogen and oxygen atoms in total. The smallest absolute Gasteiger partial charge is 0.410 e. The molecule has 1 aromatic heterocycles. The van der Waals surface area contributed by atoms with Crippen LogP contribution in [0.25, 0.3) is 0 Å². The lowest BCUT2D eigenvalue weighted by molar-refractivity contribution is -0.137. The summed E-state index contributed by atoms with van der Waals surface area (Å²) in [6.45, 7) is 6.83. The van der Waals surface area contributed by atoms with E-state index in [2.05, 4.69) is 4.72 Å². The van der Waals surface area contributed by atoms with Gasteiger partial charge in [0.15, 0.2) is 0 Å². The minimum atomic E-state index is -3.76. The van der Waals surface area contributed by atoms with E-state index in [1.54, 1.807) is 9.80 Å². The topological polar surface area (TPSA) is 99.3 Å². The molecular weight excluding hydrogens is 416 g/mol. The third-order valence-electron chi connectivity index (χ3n) is 4.98. The van der Waals surface area contributed by atoms with Crippen LogP contribution in [0.4, 0.5) is 4.79 Å². The van der Waals surface area contributed by atoms with Crippen molar-refractivity contribution in [1.82, 2.24) is 18.8 Å². The molecule has 2 saturated heterocycles. The highest BCUT2D eigenvalue weighted by Crippen LogP contribution is 2.31. The number of piperazine rings is 1. The van der Waals surface area contributed by atoms with E-state index >= 15 is 0 Å². The van der Waals surface area contributed by atoms with E-state index in [1.165, 1.54) is 18.4 Å². The minimum Gasteiger partial charge on any atom is -0.444 e. The number of carbonyl (C=O) groups is 2. The highest BCUT2D eigenvalue weighted by molar-refractivity contribution is 7.87. The van der Waals surface area contributed by atoms with Crippen molar-refractivity contribution in [1.29, 1.82) is 0 Å². The van der Waals surface area contributed by atoms with E-state index in [0.29, 0.717) is 32.6 Å². The molecule has 2 aliphatic rings. The van der Waals surface area contributed by atoms with Gasteiger partial charge in [0.05, 0.1) is 6.04 Å². The second-order valence-electron chi connectivity index (χ2n) is 8.25. The Balaban J connectivity index is 1.66. The Morgan fingerprint density at radius 1 is 1.17 bits per heavy atom. The molecule has 2 fully saturated rings. The molecular formula is C18H28N4O5S2. The second kappa shape index (κ2) is 8.21. The van der Waals surface area contributed by atoms with E-state index in [-0.39, 0.29) is 5.91 Å². The van der Waals surface area contributed by atoms with Crippen molar-refractivity contribution in [2.45, 2.75) is 44.9 Å². The largest absolute Gasteiger partial charge is 0.444 e. The molecule has 3 heterocycles. The van der Waals surface area contributed by atoms with Crippen LogP contribution in [0.3, 0.4) is 0 Å². The van der Waals surface area contributed by atoms with Crippen LogP contribution in [-0.4, -0.2) is 79.4 Å². The molecule has 1 N–H and O–H groups in total. The monoisotopic (exact) mass is 444 g/mol. The summed E-state index contributed by atoms with van der Waals surface area (Å²) in [5.41, 5.74) is -0.576. The number of hydrogen-bond donors (Lipinski definition) is 1. The third-order valence-corrected chi connectivity index (χ3v) is 7.56. The number of thiophene rings is 1. The normalized spacial score (nSPS) is 25.7. The van der Waals surface area contributed by atoms with Crippen LogP contribution in [0, 0.1) is 0 Å². The lowest BCUT2D eigenvalue weighted by Crippen LogP contribution is -2.60. The van der Waals surface area contributed by atoms with Gasteiger partial charge in [-0.05, 0) is 38.6 Å². The maximum atomic E-state index is 13.1. The van der Waals surface area contributed by atoms with Crippen LogP contribution < -0.4 is 4.72 Å². The summed E-state index contributed by atoms with van der Waals surface area (Å²) in [5.74, 6) is -0.233. The van der Waals surface area contributed by atoms with Gasteiger partial charge in [-0.2, -0.15) is 17.4 Å². The summed E-state index contributed by atoms with van der Waals surface area (Å²) in [6, 6.07) is 2.53. The van der Waals surface area contributed by atoms with E-state index in [9.17, 15) is 18.0 Å². The molecule has 0 saturated carbocycles. The molecule has 162 valence electrons. The Labute approximate surface area is 175 Å². The lowest BCUT2D eigenvalue weighted by atomic mass is 10.0. The summed E-state index contributed by atoms with van der Waals surface area (Å²) in [6.07, 6.45) is -0.0367. The second-order valence-corrected chi connectivity index (χ2v) is 11.0. The summed E-state index contributed by atoms with van der Waals surface area (Å²) >= 11 is 1.46. The maximum Gasteiger partial charge on any atom is 0.410 e. The number of nitrogens with zero attached hydrogens (tertiary/aromatic N) is 3. The Hall–Kier alpha value is -1.69. The van der Waals surface area contributed by atoms with Crippen LogP contribution in [0.5, 0.6) is 0 Å². The predicted molar refractivity (Wildman–Crippen MR) is 110 cm³/mol. The first-order chi connectivity index (χ1) is 13.5. The minimum absolute atomic E-state index is 0.233. The Morgan fingerprint density at radius 2 is 1.79 bits per heavy atom. The van der Waals surface area contributed by atoms with Crippen LogP contribution in [0.15, 0.2) is 17.5 Å². The summed E-state index contributed by atoms with van der Waals surface area (Å²) in [7, 11) is -2.33. The van der Waals surface area contributed by atoms with E-state index < -0.39 is 34.0 Å². The fourth-order valence-corrected chi connectivity index (χ4v) is 5.54. The van der Waals surface area contributed by atoms with Crippen molar-refractivity contribution in [2.24, 2.45) is 0 Å². The molecule has 0 spiro atoms. The summed E-state index contributed by atoms with van der Waals surface area (Å²) < 4.78 is 34.2. The van der Waals surface area contributed by atoms with Gasteiger partial charge in [-0.25, -0.2) is 4.79 Å². The maximum absolute atomic E-state index is 13.1. The number of ether oxygens (including phenoxy) is 1. The number of nitrogens with one attached hydrogen (secondary N) is 1. The van der Waals surface area contributed by atoms with Crippen LogP contribution in [0.2, 0.25) is 0 Å². The highest BCUT2D eigenvalue weighted by Gasteiger charge is 2.43. The fraction of sp³-hybridized carbons (Fsp3) is 0.667. The zero-order valence-corrected chi connectivity index (χ0v) is 18.8. The molecule has 29 heavy (non-hydrogen) atoms. The molecule has 2 amide bonds. The van der Waals surface area contributed by atoms with Crippen molar-refractivity contribution >= 4 is 33.5 Å². The molecule has 11 heteroatoms. The molecule has 0 unspecified atom stereocenters. The Kier molecular flexibility index (Phi) is 6.23. The van der Waals surface area contributed by atoms with Gasteiger partial charge < -0.3 is 14.5 Å². The molecule has 2 atom stereocenters. The highest BCUT2D eigenvalue weighted by atomic mass is 32.2. The molecule has 3 rings (SSSR count). The predicted octanol–water partition coefficient (Wildman–Crippen LogP) is 1.41. The molecule has 0 bridgehead atoms. The molecule has 0 radical (unpaired) electrons. The van der Waals surface area contributed by atoms with Crippen LogP contribution in [0.1, 0.15) is 38.1 Å². The van der Waals surface area contributed by atoms with Crippen molar-refractivity contribution in [3.63, 3.8) is 0 Å². The van der Waals surface area contributed by atoms with Gasteiger partial charge in [0.2, 0.25) is 5.91 Å². The number of hydrogen-bond acceptors (Lipinski definition) is 6. The quantitative estimate of drug-likeness (QED) is 0.744. The molecule has 0 aliphatic carbocycles. The number of carbonyl (C=O) groups excluding carboxylic acids is 2. The van der Waals surface area contributed by atoms with Gasteiger partial charge in [0, 0.05) is 38.1 Å². The SMILES string of the molecule is CN1[C@@H](C(=O)N2CCN(C(=O)OC(C)(C)C)CC2)C[C@@H](c2cccs2)NS1(=O)=O. The first kappa shape index (κ1) is 22.0. The van der Waals surface area contributed by atoms with Crippen LogP contribution >= 0.6 is 11.3 Å². The van der Waals surface area contributed by atoms with Crippen molar-refractivity contribution in [3.8, 4) is 0 Å². The van der Waals surface area contributed by atoms with Gasteiger partial charge in [-0.15, -0.1) is 11.3 Å². The Bertz CT molecular complexity index is 842. The fourth-order valence-electron chi connectivity index (χ4n) is 3.42. The molecule has 0 aromatic carbocycles. The van der Waals surface area contributed by atoms with Gasteiger partial charge in [-0.3, -0.25) is 4.79 Å². The van der Waals surface area contributed by atoms with Crippen LogP contribution in [-0.2, 0) is 19.7 Å². The first-order valence-electron chi connectivity index (χ1n) is 9.53. The molecule has 2 aliphatic heterocycles. The van der Waals surface area contributed by atoms with Gasteiger partial charge in [0.25, 0.3) is 10.2 Å². The third kappa shape index (κ3) is 5.08. The first-order valence-corrected chi connectivity index (χ1v) is 11.9. The van der Waals surface area contributed by atoms with Crippen molar-refractivity contribution < 1.29 is 22.7 Å². The zero-order chi connectivity index (χ0) is 21.4. The average molecular weight is 445 g/mol. The summed E-state index contributed by atoms with van der Waals surface area (Å²) in [5, 5.41) is 1.88. The standard InChI is InChI=1S/C18H28N4O5S2/c1-18(2,3)27-17(24)22-9-7-21(8-10-22)16(23)14-12-13(15-6-5-11-28-15)19-29(25,26)20(14)4/h5-6,11,13-14,19H,7-10,12H2,1-4H3/t13-,14+/m0/s1. The van der Waals surface area contributed by atoms with E-state index in [4.69, 9.17) is 4.74 Å². The van der Waals surface area contributed by atoms with Gasteiger partial charge in [0.1, 0.15) is 11.6 Å².